The van der Waals surface area contributed by atoms with Crippen LogP contribution in [0.2, 0.25) is 0 Å². The zero-order chi connectivity index (χ0) is 15.9. The maximum Gasteiger partial charge on any atom is 0.243 e. The van der Waals surface area contributed by atoms with Crippen LogP contribution in [-0.2, 0) is 10.0 Å². The van der Waals surface area contributed by atoms with Crippen molar-refractivity contribution in [3.05, 3.63) is 41.5 Å². The topological polar surface area (TPSA) is 68.1 Å². The van der Waals surface area contributed by atoms with Gasteiger partial charge >= 0.3 is 0 Å². The molecule has 0 spiro atoms. The summed E-state index contributed by atoms with van der Waals surface area (Å²) in [6.07, 6.45) is 2.46. The molecule has 6 nitrogen and oxygen atoms in total. The fourth-order valence-electron chi connectivity index (χ4n) is 2.94. The largest absolute Gasteiger partial charge is 0.313 e. The van der Waals surface area contributed by atoms with E-state index >= 15 is 0 Å². The van der Waals surface area contributed by atoms with Crippen molar-refractivity contribution in [1.29, 1.82) is 0 Å². The van der Waals surface area contributed by atoms with Gasteiger partial charge in [-0.1, -0.05) is 12.1 Å². The molecule has 1 aliphatic rings. The first-order valence-electron chi connectivity index (χ1n) is 7.33. The SMILES string of the molecule is Cc1ccc(C)c(S(=O)(=O)N2CCC(n3cnnc3C)C2)c1. The number of hydrogen-bond donors (Lipinski definition) is 0. The molecule has 1 aromatic heterocycles. The van der Waals surface area contributed by atoms with Crippen molar-refractivity contribution in [3.8, 4) is 0 Å². The van der Waals surface area contributed by atoms with Crippen LogP contribution in [0, 0.1) is 20.8 Å². The van der Waals surface area contributed by atoms with E-state index in [4.69, 9.17) is 0 Å². The second kappa shape index (κ2) is 5.48. The summed E-state index contributed by atoms with van der Waals surface area (Å²) in [6.45, 7) is 6.62. The van der Waals surface area contributed by atoms with Gasteiger partial charge in [0.2, 0.25) is 10.0 Å². The van der Waals surface area contributed by atoms with E-state index in [9.17, 15) is 8.42 Å². The summed E-state index contributed by atoms with van der Waals surface area (Å²) in [5.74, 6) is 0.816. The quantitative estimate of drug-likeness (QED) is 0.865. The van der Waals surface area contributed by atoms with Gasteiger partial charge in [-0.05, 0) is 44.4 Å². The van der Waals surface area contributed by atoms with E-state index in [0.29, 0.717) is 18.0 Å². The molecule has 7 heteroatoms. The normalized spacial score (nSPS) is 19.7. The van der Waals surface area contributed by atoms with Crippen LogP contribution >= 0.6 is 0 Å². The van der Waals surface area contributed by atoms with Crippen molar-refractivity contribution >= 4 is 10.0 Å². The molecular weight excluding hydrogens is 300 g/mol. The van der Waals surface area contributed by atoms with Crippen molar-refractivity contribution in [1.82, 2.24) is 19.1 Å². The number of aromatic nitrogens is 3. The van der Waals surface area contributed by atoms with Gasteiger partial charge in [0, 0.05) is 13.1 Å². The standard InChI is InChI=1S/C15H20N4O2S/c1-11-4-5-12(2)15(8-11)22(20,21)18-7-6-14(9-18)19-10-16-17-13(19)3/h4-5,8,10,14H,6-7,9H2,1-3H3. The minimum absolute atomic E-state index is 0.106. The van der Waals surface area contributed by atoms with E-state index < -0.39 is 10.0 Å². The highest BCUT2D eigenvalue weighted by Gasteiger charge is 2.34. The predicted molar refractivity (Wildman–Crippen MR) is 83.1 cm³/mol. The van der Waals surface area contributed by atoms with Crippen LogP contribution in [-0.4, -0.2) is 40.6 Å². The predicted octanol–water partition coefficient (Wildman–Crippen LogP) is 1.84. The van der Waals surface area contributed by atoms with E-state index in [0.717, 1.165) is 23.4 Å². The van der Waals surface area contributed by atoms with Gasteiger partial charge in [0.25, 0.3) is 0 Å². The molecule has 2 heterocycles. The van der Waals surface area contributed by atoms with Crippen LogP contribution in [0.5, 0.6) is 0 Å². The summed E-state index contributed by atoms with van der Waals surface area (Å²) >= 11 is 0. The van der Waals surface area contributed by atoms with Gasteiger partial charge in [-0.25, -0.2) is 8.42 Å². The van der Waals surface area contributed by atoms with Gasteiger partial charge in [-0.2, -0.15) is 4.31 Å². The Bertz CT molecular complexity index is 798. The third kappa shape index (κ3) is 2.55. The van der Waals surface area contributed by atoms with Gasteiger partial charge in [0.15, 0.2) is 0 Å². The molecule has 0 radical (unpaired) electrons. The second-order valence-electron chi connectivity index (χ2n) is 5.86. The van der Waals surface area contributed by atoms with Crippen LogP contribution < -0.4 is 0 Å². The minimum atomic E-state index is -3.45. The maximum atomic E-state index is 12.9. The number of rotatable bonds is 3. The number of hydrogen-bond acceptors (Lipinski definition) is 4. The Kier molecular flexibility index (Phi) is 3.78. The molecule has 3 rings (SSSR count). The Labute approximate surface area is 130 Å². The zero-order valence-electron chi connectivity index (χ0n) is 13.0. The fourth-order valence-corrected chi connectivity index (χ4v) is 4.74. The van der Waals surface area contributed by atoms with Crippen LogP contribution in [0.15, 0.2) is 29.4 Å². The Morgan fingerprint density at radius 1 is 1.23 bits per heavy atom. The maximum absolute atomic E-state index is 12.9. The molecule has 118 valence electrons. The molecule has 2 aromatic rings. The summed E-state index contributed by atoms with van der Waals surface area (Å²) in [4.78, 5) is 0.411. The average molecular weight is 320 g/mol. The Balaban J connectivity index is 1.88. The lowest BCUT2D eigenvalue weighted by molar-refractivity contribution is 0.448. The molecule has 0 amide bonds. The van der Waals surface area contributed by atoms with Gasteiger partial charge in [-0.15, -0.1) is 10.2 Å². The fraction of sp³-hybridized carbons (Fsp3) is 0.467. The number of sulfonamides is 1. The molecule has 1 aliphatic heterocycles. The van der Waals surface area contributed by atoms with Crippen molar-refractivity contribution in [2.75, 3.05) is 13.1 Å². The third-order valence-electron chi connectivity index (χ3n) is 4.23. The van der Waals surface area contributed by atoms with E-state index in [1.165, 1.54) is 0 Å². The van der Waals surface area contributed by atoms with Crippen molar-refractivity contribution in [3.63, 3.8) is 0 Å². The number of nitrogens with zero attached hydrogens (tertiary/aromatic N) is 4. The van der Waals surface area contributed by atoms with Crippen LogP contribution in [0.4, 0.5) is 0 Å². The van der Waals surface area contributed by atoms with Gasteiger partial charge < -0.3 is 4.57 Å². The highest BCUT2D eigenvalue weighted by Crippen LogP contribution is 2.29. The molecule has 1 aromatic carbocycles. The summed E-state index contributed by atoms with van der Waals surface area (Å²) in [6, 6.07) is 5.65. The minimum Gasteiger partial charge on any atom is -0.313 e. The van der Waals surface area contributed by atoms with Gasteiger partial charge in [0.05, 0.1) is 10.9 Å². The summed E-state index contributed by atoms with van der Waals surface area (Å²) < 4.78 is 29.3. The van der Waals surface area contributed by atoms with Crippen molar-refractivity contribution < 1.29 is 8.42 Å². The second-order valence-corrected chi connectivity index (χ2v) is 7.77. The van der Waals surface area contributed by atoms with Crippen LogP contribution in [0.25, 0.3) is 0 Å². The molecule has 1 fully saturated rings. The molecule has 22 heavy (non-hydrogen) atoms. The lowest BCUT2D eigenvalue weighted by atomic mass is 10.2. The van der Waals surface area contributed by atoms with E-state index in [2.05, 4.69) is 10.2 Å². The van der Waals surface area contributed by atoms with Gasteiger partial charge in [0.1, 0.15) is 12.2 Å². The van der Waals surface area contributed by atoms with E-state index in [-0.39, 0.29) is 6.04 Å². The molecule has 0 aliphatic carbocycles. The summed E-state index contributed by atoms with van der Waals surface area (Å²) in [7, 11) is -3.45. The molecule has 0 N–H and O–H groups in total. The highest BCUT2D eigenvalue weighted by molar-refractivity contribution is 7.89. The number of aryl methyl sites for hydroxylation is 3. The van der Waals surface area contributed by atoms with Crippen LogP contribution in [0.3, 0.4) is 0 Å². The summed E-state index contributed by atoms with van der Waals surface area (Å²) in [5, 5.41) is 7.86. The molecule has 0 saturated carbocycles. The van der Waals surface area contributed by atoms with Crippen molar-refractivity contribution in [2.45, 2.75) is 38.1 Å². The Morgan fingerprint density at radius 3 is 2.68 bits per heavy atom. The lowest BCUT2D eigenvalue weighted by Crippen LogP contribution is -2.30. The van der Waals surface area contributed by atoms with E-state index in [1.54, 1.807) is 16.7 Å². The molecular formula is C15H20N4O2S. The summed E-state index contributed by atoms with van der Waals surface area (Å²) in [5.41, 5.74) is 1.74. The first-order chi connectivity index (χ1) is 10.4. The Hall–Kier alpha value is -1.73. The van der Waals surface area contributed by atoms with Gasteiger partial charge in [-0.3, -0.25) is 0 Å². The molecule has 1 atom stereocenters. The highest BCUT2D eigenvalue weighted by atomic mass is 32.2. The number of benzene rings is 1. The Morgan fingerprint density at radius 2 is 2.00 bits per heavy atom. The van der Waals surface area contributed by atoms with Crippen molar-refractivity contribution in [2.24, 2.45) is 0 Å². The molecule has 1 unspecified atom stereocenters. The first-order valence-corrected chi connectivity index (χ1v) is 8.77. The molecule has 0 bridgehead atoms. The third-order valence-corrected chi connectivity index (χ3v) is 6.24. The zero-order valence-corrected chi connectivity index (χ0v) is 13.8. The first kappa shape index (κ1) is 15.2. The van der Waals surface area contributed by atoms with E-state index in [1.807, 2.05) is 37.5 Å². The van der Waals surface area contributed by atoms with Crippen LogP contribution in [0.1, 0.15) is 29.4 Å². The monoisotopic (exact) mass is 320 g/mol. The lowest BCUT2D eigenvalue weighted by Gasteiger charge is -2.19. The average Bonchev–Trinajstić information content (AvgIpc) is 3.10. The molecule has 1 saturated heterocycles. The smallest absolute Gasteiger partial charge is 0.243 e.